The molecule has 4 radical (unpaired) electrons. The van der Waals surface area contributed by atoms with Crippen LogP contribution in [-0.4, -0.2) is 140 Å². The summed E-state index contributed by atoms with van der Waals surface area (Å²) in [5.41, 5.74) is 0. The molecule has 4 atom stereocenters. The SMILES string of the molecule is C[Si](C)(Cl)CC[Si]1O[Si]2(CC[Si](C)(C)Cl)O[Si]3(CC[Si](C)(C)Cl)O[Si](CC[Si](C)(C)Cl)(O[Si])O[Si]4(CC[Si](C)(C)Cl)O[Si](CC[Si](C)(C)Cl)(O1)O[Si](CC[Si](C)(C)Cl)(O2)O[Si](CC[Si](C)(C)Cl)(O3)O4. The lowest BCUT2D eigenvalue weighted by Gasteiger charge is -2.60. The first-order chi connectivity index (χ1) is 30.7. The largest absolute Gasteiger partial charge is 0.478 e. The quantitative estimate of drug-likeness (QED) is 0.0641. The molecule has 6 bridgehead atoms. The third-order valence-electron chi connectivity index (χ3n) is 11.6. The Labute approximate surface area is 474 Å². The van der Waals surface area contributed by atoms with E-state index in [0.29, 0.717) is 72.5 Å². The van der Waals surface area contributed by atoms with Crippen LogP contribution < -0.4 is 0 Å². The molecule has 12 nitrogen and oxygen atoms in total. The Morgan fingerprint density at radius 2 is 0.522 bits per heavy atom. The molecule has 4 saturated heterocycles. The standard InChI is InChI=1S/C32H80Cl8O12Si17/c1-55(2,33)18-17-54-42-64(27-20-57(5,6)35)46-66(29-22-59(9,10)37)44-63(41-53,26-19-56(3,4)34)45-67(30-23-60(11,12)38)47-65(43-54,28-21-58(7,8)36)49-68(48-64,31-24-61(13,14)39)52-69(50-66,51-67)32-25-62(15,16)40/h17-32H2,1-16H3. The second-order valence-corrected chi connectivity index (χ2v) is 104. The summed E-state index contributed by atoms with van der Waals surface area (Å²) in [7, 11) is -47.7. The van der Waals surface area contributed by atoms with E-state index >= 15 is 0 Å². The fourth-order valence-electron chi connectivity index (χ4n) is 7.66. The second-order valence-electron chi connectivity index (χ2n) is 24.1. The highest BCUT2D eigenvalue weighted by Gasteiger charge is 2.79. The van der Waals surface area contributed by atoms with Crippen molar-refractivity contribution in [3.63, 3.8) is 0 Å². The zero-order valence-corrected chi connectivity index (χ0v) is 66.8. The van der Waals surface area contributed by atoms with Crippen LogP contribution in [0.5, 0.6) is 0 Å². The molecule has 4 fully saturated rings. The van der Waals surface area contributed by atoms with E-state index in [1.807, 2.05) is 0 Å². The summed E-state index contributed by atoms with van der Waals surface area (Å²) in [6.45, 7) is 33.6. The van der Waals surface area contributed by atoms with Gasteiger partial charge in [0.15, 0.2) is 0 Å². The highest BCUT2D eigenvalue weighted by molar-refractivity contribution is 7.23. The lowest BCUT2D eigenvalue weighted by atomic mass is 10.9. The fourth-order valence-corrected chi connectivity index (χ4v) is 84.0. The Hall–Kier alpha value is 5.53. The van der Waals surface area contributed by atoms with Gasteiger partial charge in [-0.05, 0) is 54.4 Å². The predicted octanol–water partition coefficient (Wildman–Crippen LogP) is 14.9. The van der Waals surface area contributed by atoms with Gasteiger partial charge in [0.05, 0.1) is 0 Å². The summed E-state index contributed by atoms with van der Waals surface area (Å²) < 4.78 is 93.8. The molecule has 0 amide bonds. The average molecular weight is 1420 g/mol. The molecule has 4 heterocycles. The van der Waals surface area contributed by atoms with Crippen LogP contribution in [0.25, 0.3) is 0 Å². The van der Waals surface area contributed by atoms with Gasteiger partial charge < -0.3 is 49.4 Å². The van der Waals surface area contributed by atoms with Crippen molar-refractivity contribution < 1.29 is 49.4 Å². The lowest BCUT2D eigenvalue weighted by Crippen LogP contribution is -2.84. The Bertz CT molecular complexity index is 1640. The highest BCUT2D eigenvalue weighted by Crippen LogP contribution is 2.53. The third kappa shape index (κ3) is 23.1. The maximum absolute atomic E-state index is 8.01. The number of hydrogen-bond acceptors (Lipinski definition) is 12. The summed E-state index contributed by atoms with van der Waals surface area (Å²) in [6, 6.07) is 7.09. The van der Waals surface area contributed by atoms with Crippen LogP contribution in [0.2, 0.25) is 201 Å². The molecule has 0 saturated carbocycles. The van der Waals surface area contributed by atoms with Crippen LogP contribution >= 0.6 is 88.6 Å². The van der Waals surface area contributed by atoms with Crippen molar-refractivity contribution >= 4 is 229 Å². The molecule has 69 heavy (non-hydrogen) atoms. The molecule has 4 aliphatic rings. The maximum Gasteiger partial charge on any atom is 0.478 e. The lowest BCUT2D eigenvalue weighted by molar-refractivity contribution is 0.00408. The second kappa shape index (κ2) is 24.2. The number of rotatable bonds is 25. The average Bonchev–Trinajstić information content (AvgIpc) is 3.10. The van der Waals surface area contributed by atoms with E-state index < -0.39 is 130 Å². The first-order valence-corrected chi connectivity index (χ1v) is 73.3. The van der Waals surface area contributed by atoms with Crippen LogP contribution in [0, 0.1) is 0 Å². The molecule has 404 valence electrons. The molecule has 0 aromatic rings. The molecule has 0 aliphatic carbocycles. The molecule has 0 spiro atoms. The number of fused-ring (bicyclic) bond motifs is 4. The smallest absolute Gasteiger partial charge is 0.416 e. The molecule has 0 aromatic heterocycles. The normalized spacial score (nSPS) is 33.7. The number of hydrogen-bond donors (Lipinski definition) is 0. The zero-order chi connectivity index (χ0) is 52.9. The summed E-state index contributed by atoms with van der Waals surface area (Å²) in [5, 5.41) is 0. The first-order valence-electron chi connectivity index (χ1n) is 24.1. The van der Waals surface area contributed by atoms with E-state index in [4.69, 9.17) is 138 Å². The Kier molecular flexibility index (Phi) is 23.5. The van der Waals surface area contributed by atoms with Gasteiger partial charge in [0.25, 0.3) is 0 Å². The Morgan fingerprint density at radius 1 is 0.319 bits per heavy atom. The van der Waals surface area contributed by atoms with E-state index in [0.717, 1.165) is 0 Å². The van der Waals surface area contributed by atoms with Crippen LogP contribution in [0.4, 0.5) is 0 Å². The molecular weight excluding hydrogens is 1340 g/mol. The third-order valence-corrected chi connectivity index (χ3v) is 66.3. The van der Waals surface area contributed by atoms with Gasteiger partial charge in [-0.15, -0.1) is 0 Å². The van der Waals surface area contributed by atoms with Crippen molar-refractivity contribution in [2.45, 2.75) is 201 Å². The summed E-state index contributed by atoms with van der Waals surface area (Å²) in [5.74, 6) is 0. The van der Waals surface area contributed by atoms with Gasteiger partial charge in [-0.25, -0.2) is 0 Å². The van der Waals surface area contributed by atoms with E-state index in [9.17, 15) is 0 Å². The van der Waals surface area contributed by atoms with Crippen molar-refractivity contribution in [1.82, 2.24) is 0 Å². The van der Waals surface area contributed by atoms with E-state index in [1.165, 1.54) is 0 Å². The van der Waals surface area contributed by atoms with Gasteiger partial charge in [0.2, 0.25) is 10.5 Å². The van der Waals surface area contributed by atoms with Gasteiger partial charge in [0, 0.05) is 42.3 Å². The predicted molar refractivity (Wildman–Crippen MR) is 328 cm³/mol. The van der Waals surface area contributed by atoms with Gasteiger partial charge in [-0.3, -0.25) is 0 Å². The van der Waals surface area contributed by atoms with Crippen LogP contribution in [0.1, 0.15) is 0 Å². The van der Waals surface area contributed by atoms with Gasteiger partial charge in [0.1, 0.15) is 59.1 Å². The van der Waals surface area contributed by atoms with Gasteiger partial charge >= 0.3 is 70.9 Å². The number of halogens is 8. The zero-order valence-electron chi connectivity index (χ0n) is 43.7. The van der Waals surface area contributed by atoms with Crippen molar-refractivity contribution in [2.75, 3.05) is 0 Å². The van der Waals surface area contributed by atoms with Gasteiger partial charge in [-0.2, -0.15) is 88.6 Å². The van der Waals surface area contributed by atoms with Crippen molar-refractivity contribution in [3.8, 4) is 0 Å². The van der Waals surface area contributed by atoms with Crippen LogP contribution in [0.3, 0.4) is 0 Å². The van der Waals surface area contributed by atoms with E-state index in [-0.39, 0.29) is 24.2 Å². The van der Waals surface area contributed by atoms with Crippen LogP contribution in [-0.2, 0) is 49.4 Å². The molecule has 4 rings (SSSR count). The molecule has 0 N–H and O–H groups in total. The van der Waals surface area contributed by atoms with E-state index in [2.05, 4.69) is 115 Å². The monoisotopic (exact) mass is 1410 g/mol. The summed E-state index contributed by atoms with van der Waals surface area (Å²) in [6.07, 6.45) is 0. The Morgan fingerprint density at radius 3 is 0.754 bits per heavy atom. The Balaban J connectivity index is 2.33. The van der Waals surface area contributed by atoms with Crippen molar-refractivity contribution in [2.24, 2.45) is 0 Å². The minimum Gasteiger partial charge on any atom is -0.416 e. The van der Waals surface area contributed by atoms with Crippen molar-refractivity contribution in [1.29, 1.82) is 0 Å². The summed E-state index contributed by atoms with van der Waals surface area (Å²) >= 11 is 58.2. The van der Waals surface area contributed by atoms with Gasteiger partial charge in [-0.1, -0.05) is 105 Å². The minimum atomic E-state index is -4.35. The fraction of sp³-hybridized carbons (Fsp3) is 1.00. The molecule has 4 aliphatic heterocycles. The molecular formula is C32H80Cl8O12Si17. The minimum absolute atomic E-state index is 0.268. The van der Waals surface area contributed by atoms with E-state index in [1.54, 1.807) is 0 Å². The summed E-state index contributed by atoms with van der Waals surface area (Å²) in [4.78, 5) is 0. The highest BCUT2D eigenvalue weighted by atomic mass is 35.6. The topological polar surface area (TPSA) is 111 Å². The molecule has 4 unspecified atom stereocenters. The molecule has 37 heteroatoms. The first kappa shape index (κ1) is 67.0. The molecule has 0 aromatic carbocycles. The maximum atomic E-state index is 8.01. The van der Waals surface area contributed by atoms with Crippen molar-refractivity contribution in [3.05, 3.63) is 0 Å². The van der Waals surface area contributed by atoms with Crippen LogP contribution in [0.15, 0.2) is 0 Å².